The third-order valence-corrected chi connectivity index (χ3v) is 2.38. The van der Waals surface area contributed by atoms with Crippen molar-refractivity contribution >= 4 is 0 Å². The van der Waals surface area contributed by atoms with Gasteiger partial charge in [-0.25, -0.2) is 8.78 Å². The molecule has 1 rings (SSSR count). The Kier molecular flexibility index (Phi) is 2.71. The minimum Gasteiger partial charge on any atom is -0.297 e. The van der Waals surface area contributed by atoms with Crippen molar-refractivity contribution in [3.63, 3.8) is 0 Å². The quantitative estimate of drug-likeness (QED) is 0.626. The SMILES string of the molecule is CC(C)C[C@H]1CC(F)(F)CN1C. The van der Waals surface area contributed by atoms with Crippen molar-refractivity contribution in [1.82, 2.24) is 4.90 Å². The second-order valence-electron chi connectivity index (χ2n) is 4.26. The van der Waals surface area contributed by atoms with E-state index in [1.165, 1.54) is 0 Å². The molecule has 1 aliphatic rings. The minimum atomic E-state index is -2.45. The number of hydrogen-bond donors (Lipinski definition) is 0. The van der Waals surface area contributed by atoms with E-state index in [-0.39, 0.29) is 19.0 Å². The highest BCUT2D eigenvalue weighted by Gasteiger charge is 2.42. The van der Waals surface area contributed by atoms with Crippen molar-refractivity contribution in [2.45, 2.75) is 38.7 Å². The van der Waals surface area contributed by atoms with E-state index >= 15 is 0 Å². The van der Waals surface area contributed by atoms with Gasteiger partial charge in [-0.3, -0.25) is 4.90 Å². The molecule has 1 saturated heterocycles. The van der Waals surface area contributed by atoms with Crippen LogP contribution in [-0.4, -0.2) is 30.5 Å². The highest BCUT2D eigenvalue weighted by molar-refractivity contribution is 4.88. The Morgan fingerprint density at radius 2 is 2.08 bits per heavy atom. The van der Waals surface area contributed by atoms with E-state index in [1.807, 2.05) is 0 Å². The van der Waals surface area contributed by atoms with Crippen molar-refractivity contribution in [3.8, 4) is 0 Å². The van der Waals surface area contributed by atoms with E-state index in [0.717, 1.165) is 6.42 Å². The molecule has 3 heteroatoms. The molecule has 1 aliphatic heterocycles. The summed E-state index contributed by atoms with van der Waals surface area (Å²) in [4.78, 5) is 1.78. The summed E-state index contributed by atoms with van der Waals surface area (Å²) in [5.41, 5.74) is 0. The van der Waals surface area contributed by atoms with Crippen molar-refractivity contribution in [2.75, 3.05) is 13.6 Å². The maximum Gasteiger partial charge on any atom is 0.262 e. The van der Waals surface area contributed by atoms with Gasteiger partial charge in [0.2, 0.25) is 0 Å². The van der Waals surface area contributed by atoms with Crippen LogP contribution in [0.25, 0.3) is 0 Å². The Hall–Kier alpha value is -0.180. The Labute approximate surface area is 72.7 Å². The maximum absolute atomic E-state index is 12.9. The Bertz CT molecular complexity index is 157. The molecular weight excluding hydrogens is 160 g/mol. The predicted octanol–water partition coefficient (Wildman–Crippen LogP) is 2.37. The second kappa shape index (κ2) is 3.29. The molecule has 0 unspecified atom stereocenters. The number of nitrogens with zero attached hydrogens (tertiary/aromatic N) is 1. The van der Waals surface area contributed by atoms with Crippen LogP contribution in [-0.2, 0) is 0 Å². The molecule has 0 amide bonds. The van der Waals surface area contributed by atoms with Gasteiger partial charge >= 0.3 is 0 Å². The molecule has 0 aromatic carbocycles. The van der Waals surface area contributed by atoms with Crippen LogP contribution in [0.15, 0.2) is 0 Å². The molecule has 1 heterocycles. The van der Waals surface area contributed by atoms with E-state index in [2.05, 4.69) is 13.8 Å². The fourth-order valence-corrected chi connectivity index (χ4v) is 1.87. The fraction of sp³-hybridized carbons (Fsp3) is 1.00. The van der Waals surface area contributed by atoms with Crippen LogP contribution in [0.5, 0.6) is 0 Å². The zero-order chi connectivity index (χ0) is 9.35. The molecule has 0 aliphatic carbocycles. The molecule has 0 aromatic rings. The highest BCUT2D eigenvalue weighted by atomic mass is 19.3. The zero-order valence-electron chi connectivity index (χ0n) is 7.98. The van der Waals surface area contributed by atoms with Gasteiger partial charge < -0.3 is 0 Å². The van der Waals surface area contributed by atoms with Gasteiger partial charge in [0.25, 0.3) is 5.92 Å². The summed E-state index contributed by atoms with van der Waals surface area (Å²) in [5.74, 6) is -1.94. The topological polar surface area (TPSA) is 3.24 Å². The summed E-state index contributed by atoms with van der Waals surface area (Å²) >= 11 is 0. The first-order valence-electron chi connectivity index (χ1n) is 4.49. The van der Waals surface area contributed by atoms with Crippen molar-refractivity contribution in [2.24, 2.45) is 5.92 Å². The van der Waals surface area contributed by atoms with E-state index in [1.54, 1.807) is 11.9 Å². The van der Waals surface area contributed by atoms with Crippen LogP contribution in [0, 0.1) is 5.92 Å². The van der Waals surface area contributed by atoms with Gasteiger partial charge in [0.1, 0.15) is 0 Å². The normalized spacial score (nSPS) is 30.0. The summed E-state index contributed by atoms with van der Waals surface area (Å²) in [7, 11) is 1.79. The van der Waals surface area contributed by atoms with Crippen LogP contribution in [0.2, 0.25) is 0 Å². The third-order valence-electron chi connectivity index (χ3n) is 2.38. The zero-order valence-corrected chi connectivity index (χ0v) is 7.98. The molecule has 0 aromatic heterocycles. The first-order valence-corrected chi connectivity index (χ1v) is 4.49. The Balaban J connectivity index is 2.47. The maximum atomic E-state index is 12.9. The van der Waals surface area contributed by atoms with Crippen LogP contribution in [0.4, 0.5) is 8.78 Å². The first-order chi connectivity index (χ1) is 5.41. The average molecular weight is 177 g/mol. The molecular formula is C9H17F2N. The lowest BCUT2D eigenvalue weighted by molar-refractivity contribution is 0.0139. The molecule has 1 nitrogen and oxygen atoms in total. The van der Waals surface area contributed by atoms with E-state index in [4.69, 9.17) is 0 Å². The van der Waals surface area contributed by atoms with Crippen LogP contribution < -0.4 is 0 Å². The molecule has 12 heavy (non-hydrogen) atoms. The lowest BCUT2D eigenvalue weighted by Crippen LogP contribution is -2.26. The monoisotopic (exact) mass is 177 g/mol. The summed E-state index contributed by atoms with van der Waals surface area (Å²) in [6.45, 7) is 4.08. The van der Waals surface area contributed by atoms with Gasteiger partial charge in [-0.2, -0.15) is 0 Å². The molecule has 72 valence electrons. The van der Waals surface area contributed by atoms with Gasteiger partial charge in [0.05, 0.1) is 6.54 Å². The molecule has 0 spiro atoms. The number of likely N-dealkylation sites (tertiary alicyclic amines) is 1. The third kappa shape index (κ3) is 2.41. The highest BCUT2D eigenvalue weighted by Crippen LogP contribution is 2.33. The summed E-state index contributed by atoms with van der Waals surface area (Å²) < 4.78 is 25.7. The van der Waals surface area contributed by atoms with Gasteiger partial charge in [0, 0.05) is 12.5 Å². The Morgan fingerprint density at radius 1 is 1.50 bits per heavy atom. The van der Waals surface area contributed by atoms with E-state index in [9.17, 15) is 8.78 Å². The standard InChI is InChI=1S/C9H17F2N/c1-7(2)4-8-5-9(10,11)6-12(8)3/h7-8H,4-6H2,1-3H3/t8-/m0/s1. The molecule has 1 fully saturated rings. The Morgan fingerprint density at radius 3 is 2.42 bits per heavy atom. The van der Waals surface area contributed by atoms with Crippen LogP contribution in [0.3, 0.4) is 0 Å². The van der Waals surface area contributed by atoms with Crippen molar-refractivity contribution in [3.05, 3.63) is 0 Å². The average Bonchev–Trinajstić information content (AvgIpc) is 2.03. The lowest BCUT2D eigenvalue weighted by Gasteiger charge is -2.19. The van der Waals surface area contributed by atoms with Gasteiger partial charge in [-0.15, -0.1) is 0 Å². The second-order valence-corrected chi connectivity index (χ2v) is 4.26. The number of hydrogen-bond acceptors (Lipinski definition) is 1. The predicted molar refractivity (Wildman–Crippen MR) is 45.4 cm³/mol. The number of halogens is 2. The number of alkyl halides is 2. The minimum absolute atomic E-state index is 0.0433. The van der Waals surface area contributed by atoms with Crippen LogP contribution in [0.1, 0.15) is 26.7 Å². The summed E-state index contributed by atoms with van der Waals surface area (Å²) in [6.07, 6.45) is 0.924. The molecule has 0 saturated carbocycles. The van der Waals surface area contributed by atoms with Crippen molar-refractivity contribution < 1.29 is 8.78 Å². The smallest absolute Gasteiger partial charge is 0.262 e. The van der Waals surface area contributed by atoms with Gasteiger partial charge in [-0.1, -0.05) is 13.8 Å². The van der Waals surface area contributed by atoms with Crippen LogP contribution >= 0.6 is 0 Å². The van der Waals surface area contributed by atoms with Crippen molar-refractivity contribution in [1.29, 1.82) is 0 Å². The lowest BCUT2D eigenvalue weighted by atomic mass is 10.0. The molecule has 0 bridgehead atoms. The van der Waals surface area contributed by atoms with Gasteiger partial charge in [-0.05, 0) is 19.4 Å². The summed E-state index contributed by atoms with van der Waals surface area (Å²) in [6, 6.07) is 0.0833. The molecule has 0 radical (unpaired) electrons. The van der Waals surface area contributed by atoms with Gasteiger partial charge in [0.15, 0.2) is 0 Å². The molecule has 0 N–H and O–H groups in total. The number of rotatable bonds is 2. The first kappa shape index (κ1) is 9.90. The fourth-order valence-electron chi connectivity index (χ4n) is 1.87. The summed E-state index contributed by atoms with van der Waals surface area (Å²) in [5, 5.41) is 0. The van der Waals surface area contributed by atoms with E-state index < -0.39 is 5.92 Å². The van der Waals surface area contributed by atoms with E-state index in [0.29, 0.717) is 5.92 Å². The molecule has 1 atom stereocenters. The largest absolute Gasteiger partial charge is 0.297 e.